The monoisotopic (exact) mass is 286 g/mol. The fourth-order valence-electron chi connectivity index (χ4n) is 1.79. The first-order valence-electron chi connectivity index (χ1n) is 6.23. The van der Waals surface area contributed by atoms with E-state index in [1.54, 1.807) is 24.3 Å². The van der Waals surface area contributed by atoms with Crippen molar-refractivity contribution in [1.82, 2.24) is 0 Å². The highest BCUT2D eigenvalue weighted by atomic mass is 32.2. The lowest BCUT2D eigenvalue weighted by molar-refractivity contribution is -0.142. The lowest BCUT2D eigenvalue weighted by atomic mass is 10.2. The molecule has 1 saturated heterocycles. The third-order valence-electron chi connectivity index (χ3n) is 2.96. The van der Waals surface area contributed by atoms with E-state index in [0.29, 0.717) is 13.0 Å². The SMILES string of the molecule is Cc1ccc(S(=O)(=O)OCCC2CCOCO2)cc1. The van der Waals surface area contributed by atoms with Crippen molar-refractivity contribution in [2.24, 2.45) is 0 Å². The maximum absolute atomic E-state index is 11.9. The van der Waals surface area contributed by atoms with Crippen LogP contribution in [0.3, 0.4) is 0 Å². The molecule has 0 saturated carbocycles. The summed E-state index contributed by atoms with van der Waals surface area (Å²) in [4.78, 5) is 0.186. The molecule has 0 N–H and O–H groups in total. The summed E-state index contributed by atoms with van der Waals surface area (Å²) in [5.74, 6) is 0. The van der Waals surface area contributed by atoms with Gasteiger partial charge in [-0.25, -0.2) is 0 Å². The molecule has 0 aromatic heterocycles. The van der Waals surface area contributed by atoms with E-state index in [1.807, 2.05) is 6.92 Å². The molecule has 1 fully saturated rings. The van der Waals surface area contributed by atoms with Crippen molar-refractivity contribution in [2.75, 3.05) is 20.0 Å². The van der Waals surface area contributed by atoms with Crippen LogP contribution in [0.25, 0.3) is 0 Å². The van der Waals surface area contributed by atoms with Crippen LogP contribution in [0.5, 0.6) is 0 Å². The summed E-state index contributed by atoms with van der Waals surface area (Å²) < 4.78 is 39.2. The Morgan fingerprint density at radius 2 is 2.05 bits per heavy atom. The van der Waals surface area contributed by atoms with Gasteiger partial charge in [0, 0.05) is 0 Å². The highest BCUT2D eigenvalue weighted by molar-refractivity contribution is 7.86. The average Bonchev–Trinajstić information content (AvgIpc) is 2.40. The molecule has 0 aliphatic carbocycles. The number of hydrogen-bond donors (Lipinski definition) is 0. The zero-order chi connectivity index (χ0) is 13.7. The number of aryl methyl sites for hydroxylation is 1. The van der Waals surface area contributed by atoms with Gasteiger partial charge in [-0.1, -0.05) is 17.7 Å². The molecule has 0 bridgehead atoms. The lowest BCUT2D eigenvalue weighted by Gasteiger charge is -2.22. The molecule has 1 aliphatic heterocycles. The normalized spacial score (nSPS) is 20.4. The Hall–Kier alpha value is -0.950. The van der Waals surface area contributed by atoms with Gasteiger partial charge in [-0.2, -0.15) is 8.42 Å². The van der Waals surface area contributed by atoms with E-state index >= 15 is 0 Å². The summed E-state index contributed by atoms with van der Waals surface area (Å²) in [5, 5.41) is 0. The molecule has 0 spiro atoms. The number of rotatable bonds is 5. The summed E-state index contributed by atoms with van der Waals surface area (Å²) in [7, 11) is -3.66. The van der Waals surface area contributed by atoms with Gasteiger partial charge in [0.2, 0.25) is 0 Å². The number of ether oxygens (including phenoxy) is 2. The summed E-state index contributed by atoms with van der Waals surface area (Å²) in [6.45, 7) is 2.95. The minimum atomic E-state index is -3.66. The van der Waals surface area contributed by atoms with Crippen molar-refractivity contribution in [3.05, 3.63) is 29.8 Å². The second-order valence-electron chi connectivity index (χ2n) is 4.48. The van der Waals surface area contributed by atoms with Crippen LogP contribution in [0, 0.1) is 6.92 Å². The second-order valence-corrected chi connectivity index (χ2v) is 6.10. The van der Waals surface area contributed by atoms with Crippen molar-refractivity contribution in [3.8, 4) is 0 Å². The Balaban J connectivity index is 1.85. The quantitative estimate of drug-likeness (QED) is 0.773. The molecule has 2 rings (SSSR count). The van der Waals surface area contributed by atoms with Gasteiger partial charge in [0.15, 0.2) is 0 Å². The summed E-state index contributed by atoms with van der Waals surface area (Å²) in [6, 6.07) is 6.60. The molecule has 5 nitrogen and oxygen atoms in total. The molecule has 106 valence electrons. The molecule has 6 heteroatoms. The Labute approximate surface area is 113 Å². The van der Waals surface area contributed by atoms with Gasteiger partial charge in [-0.15, -0.1) is 0 Å². The summed E-state index contributed by atoms with van der Waals surface area (Å²) in [5.41, 5.74) is 1.01. The van der Waals surface area contributed by atoms with Crippen molar-refractivity contribution in [3.63, 3.8) is 0 Å². The molecule has 1 atom stereocenters. The number of benzene rings is 1. The summed E-state index contributed by atoms with van der Waals surface area (Å²) >= 11 is 0. The highest BCUT2D eigenvalue weighted by Crippen LogP contribution is 2.15. The Bertz CT molecular complexity index is 488. The third-order valence-corrected chi connectivity index (χ3v) is 4.29. The van der Waals surface area contributed by atoms with Crippen LogP contribution >= 0.6 is 0 Å². The van der Waals surface area contributed by atoms with Gasteiger partial charge < -0.3 is 9.47 Å². The van der Waals surface area contributed by atoms with Crippen molar-refractivity contribution >= 4 is 10.1 Å². The molecule has 1 aliphatic rings. The van der Waals surface area contributed by atoms with Crippen LogP contribution in [-0.4, -0.2) is 34.5 Å². The minimum Gasteiger partial charge on any atom is -0.355 e. The lowest BCUT2D eigenvalue weighted by Crippen LogP contribution is -2.25. The average molecular weight is 286 g/mol. The van der Waals surface area contributed by atoms with E-state index in [-0.39, 0.29) is 24.4 Å². The molecule has 0 amide bonds. The number of hydrogen-bond acceptors (Lipinski definition) is 5. The Morgan fingerprint density at radius 1 is 1.32 bits per heavy atom. The topological polar surface area (TPSA) is 61.8 Å². The maximum Gasteiger partial charge on any atom is 0.296 e. The van der Waals surface area contributed by atoms with Crippen molar-refractivity contribution in [2.45, 2.75) is 30.8 Å². The highest BCUT2D eigenvalue weighted by Gasteiger charge is 2.18. The van der Waals surface area contributed by atoms with Crippen LogP contribution in [0.2, 0.25) is 0 Å². The maximum atomic E-state index is 11.9. The molecule has 1 unspecified atom stereocenters. The van der Waals surface area contributed by atoms with Crippen LogP contribution in [0.1, 0.15) is 18.4 Å². The first-order valence-corrected chi connectivity index (χ1v) is 7.64. The minimum absolute atomic E-state index is 0.0157. The van der Waals surface area contributed by atoms with Gasteiger partial charge in [-0.3, -0.25) is 4.18 Å². The fraction of sp³-hybridized carbons (Fsp3) is 0.538. The molecule has 1 aromatic rings. The first kappa shape index (κ1) is 14.5. The van der Waals surface area contributed by atoms with Crippen LogP contribution < -0.4 is 0 Å². The molecule has 19 heavy (non-hydrogen) atoms. The molecular formula is C13H18O5S. The van der Waals surface area contributed by atoms with Gasteiger partial charge in [0.25, 0.3) is 10.1 Å². The van der Waals surface area contributed by atoms with Crippen LogP contribution in [0.4, 0.5) is 0 Å². The van der Waals surface area contributed by atoms with Gasteiger partial charge in [-0.05, 0) is 31.9 Å². The smallest absolute Gasteiger partial charge is 0.296 e. The summed E-state index contributed by atoms with van der Waals surface area (Å²) in [6.07, 6.45) is 1.34. The predicted octanol–water partition coefficient (Wildman–Crippen LogP) is 1.85. The molecule has 1 aromatic carbocycles. The molecule has 1 heterocycles. The predicted molar refractivity (Wildman–Crippen MR) is 69.2 cm³/mol. The zero-order valence-electron chi connectivity index (χ0n) is 10.9. The Morgan fingerprint density at radius 3 is 2.68 bits per heavy atom. The van der Waals surface area contributed by atoms with E-state index in [1.165, 1.54) is 0 Å². The van der Waals surface area contributed by atoms with Crippen LogP contribution in [-0.2, 0) is 23.8 Å². The fourth-order valence-corrected chi connectivity index (χ4v) is 2.71. The van der Waals surface area contributed by atoms with E-state index in [4.69, 9.17) is 13.7 Å². The van der Waals surface area contributed by atoms with E-state index in [0.717, 1.165) is 12.0 Å². The van der Waals surface area contributed by atoms with Gasteiger partial charge >= 0.3 is 0 Å². The largest absolute Gasteiger partial charge is 0.355 e. The van der Waals surface area contributed by atoms with Gasteiger partial charge in [0.05, 0.1) is 24.2 Å². The Kier molecular flexibility index (Phi) is 4.93. The van der Waals surface area contributed by atoms with E-state index in [2.05, 4.69) is 0 Å². The van der Waals surface area contributed by atoms with Gasteiger partial charge in [0.1, 0.15) is 6.79 Å². The first-order chi connectivity index (χ1) is 9.08. The van der Waals surface area contributed by atoms with Crippen molar-refractivity contribution in [1.29, 1.82) is 0 Å². The second kappa shape index (κ2) is 6.47. The van der Waals surface area contributed by atoms with Crippen molar-refractivity contribution < 1.29 is 22.1 Å². The molecular weight excluding hydrogens is 268 g/mol. The standard InChI is InChI=1S/C13H18O5S/c1-11-2-4-13(5-3-11)19(14,15)18-9-7-12-6-8-16-10-17-12/h2-5,12H,6-10H2,1H3. The zero-order valence-corrected chi connectivity index (χ0v) is 11.7. The van der Waals surface area contributed by atoms with E-state index in [9.17, 15) is 8.42 Å². The van der Waals surface area contributed by atoms with E-state index < -0.39 is 10.1 Å². The van der Waals surface area contributed by atoms with Crippen LogP contribution in [0.15, 0.2) is 29.2 Å². The molecule has 0 radical (unpaired) electrons. The third kappa shape index (κ3) is 4.28.